The van der Waals surface area contributed by atoms with Gasteiger partial charge in [-0.15, -0.1) is 0 Å². The lowest BCUT2D eigenvalue weighted by Crippen LogP contribution is -2.35. The van der Waals surface area contributed by atoms with Crippen molar-refractivity contribution in [2.45, 2.75) is 122 Å². The SMILES string of the molecule is O=C(CCCC1CCCC1)[C@H]1[C@@H]2CC(CCCCCOCc3ccccc3)=C[C@@H]2C[C@@H]1OC1CCCCO1. The van der Waals surface area contributed by atoms with Crippen molar-refractivity contribution in [1.29, 1.82) is 0 Å². The Morgan fingerprint density at radius 3 is 2.61 bits per heavy atom. The first-order valence-electron chi connectivity index (χ1n) is 15.9. The second kappa shape index (κ2) is 14.8. The molecule has 3 fully saturated rings. The summed E-state index contributed by atoms with van der Waals surface area (Å²) in [5.74, 6) is 2.37. The molecule has 1 aromatic carbocycles. The summed E-state index contributed by atoms with van der Waals surface area (Å²) < 4.78 is 18.3. The van der Waals surface area contributed by atoms with Crippen LogP contribution in [0.3, 0.4) is 0 Å². The third-order valence-corrected chi connectivity index (χ3v) is 9.61. The molecule has 1 aliphatic heterocycles. The number of ether oxygens (including phenoxy) is 3. The van der Waals surface area contributed by atoms with E-state index in [2.05, 4.69) is 30.3 Å². The van der Waals surface area contributed by atoms with Gasteiger partial charge in [-0.1, -0.05) is 80.5 Å². The Hall–Kier alpha value is -1.49. The molecule has 38 heavy (non-hydrogen) atoms. The molecule has 3 aliphatic carbocycles. The third-order valence-electron chi connectivity index (χ3n) is 9.61. The quantitative estimate of drug-likeness (QED) is 0.172. The number of rotatable bonds is 15. The molecule has 0 N–H and O–H groups in total. The van der Waals surface area contributed by atoms with E-state index in [1.54, 1.807) is 5.57 Å². The molecule has 1 aromatic rings. The van der Waals surface area contributed by atoms with Crippen LogP contribution in [0.25, 0.3) is 0 Å². The van der Waals surface area contributed by atoms with E-state index < -0.39 is 0 Å². The lowest BCUT2D eigenvalue weighted by atomic mass is 9.84. The molecule has 1 unspecified atom stereocenters. The Morgan fingerprint density at radius 1 is 0.947 bits per heavy atom. The van der Waals surface area contributed by atoms with Crippen molar-refractivity contribution in [3.05, 3.63) is 47.5 Å². The van der Waals surface area contributed by atoms with Gasteiger partial charge >= 0.3 is 0 Å². The minimum absolute atomic E-state index is 0.0478. The van der Waals surface area contributed by atoms with Gasteiger partial charge in [-0.3, -0.25) is 4.79 Å². The molecule has 0 radical (unpaired) electrons. The first-order chi connectivity index (χ1) is 18.8. The van der Waals surface area contributed by atoms with E-state index >= 15 is 0 Å². The molecule has 0 bridgehead atoms. The van der Waals surface area contributed by atoms with Crippen LogP contribution in [0, 0.1) is 23.7 Å². The number of ketones is 1. The maximum atomic E-state index is 13.6. The average Bonchev–Trinajstić information content (AvgIpc) is 3.66. The van der Waals surface area contributed by atoms with E-state index in [9.17, 15) is 4.79 Å². The van der Waals surface area contributed by atoms with Crippen LogP contribution < -0.4 is 0 Å². The number of carbonyl (C=O) groups excluding carboxylic acids is 1. The molecule has 1 heterocycles. The van der Waals surface area contributed by atoms with Crippen molar-refractivity contribution in [2.24, 2.45) is 23.7 Å². The van der Waals surface area contributed by atoms with E-state index in [1.807, 2.05) is 6.07 Å². The number of Topliss-reactive ketones (excluding diaryl/α,β-unsaturated/α-hetero) is 1. The molecule has 5 rings (SSSR count). The van der Waals surface area contributed by atoms with Crippen molar-refractivity contribution in [2.75, 3.05) is 13.2 Å². The van der Waals surface area contributed by atoms with Gasteiger partial charge in [0.2, 0.25) is 0 Å². The normalized spacial score (nSPS) is 29.5. The highest BCUT2D eigenvalue weighted by molar-refractivity contribution is 5.82. The maximum absolute atomic E-state index is 13.6. The molecular weight excluding hydrogens is 472 g/mol. The number of benzene rings is 1. The molecule has 0 aromatic heterocycles. The zero-order valence-electron chi connectivity index (χ0n) is 23.5. The van der Waals surface area contributed by atoms with Gasteiger partial charge in [0.1, 0.15) is 5.78 Å². The topological polar surface area (TPSA) is 44.8 Å². The van der Waals surface area contributed by atoms with Crippen LogP contribution >= 0.6 is 0 Å². The van der Waals surface area contributed by atoms with E-state index in [0.717, 1.165) is 64.1 Å². The molecule has 5 atom stereocenters. The molecular formula is C34H50O4. The van der Waals surface area contributed by atoms with Crippen LogP contribution in [-0.4, -0.2) is 31.4 Å². The van der Waals surface area contributed by atoms with Crippen LogP contribution in [0.5, 0.6) is 0 Å². The van der Waals surface area contributed by atoms with Gasteiger partial charge in [0.15, 0.2) is 6.29 Å². The van der Waals surface area contributed by atoms with Crippen LogP contribution in [0.15, 0.2) is 42.0 Å². The Kier molecular flexibility index (Phi) is 10.9. The number of hydrogen-bond donors (Lipinski definition) is 0. The van der Waals surface area contributed by atoms with Gasteiger partial charge in [-0.05, 0) is 81.1 Å². The Bertz CT molecular complexity index is 868. The summed E-state index contributed by atoms with van der Waals surface area (Å²) in [6.07, 6.45) is 21.1. The molecule has 210 valence electrons. The van der Waals surface area contributed by atoms with Crippen molar-refractivity contribution in [3.63, 3.8) is 0 Å². The van der Waals surface area contributed by atoms with Crippen LogP contribution in [-0.2, 0) is 25.6 Å². The van der Waals surface area contributed by atoms with Gasteiger partial charge in [-0.2, -0.15) is 0 Å². The van der Waals surface area contributed by atoms with E-state index in [0.29, 0.717) is 24.2 Å². The Morgan fingerprint density at radius 2 is 1.79 bits per heavy atom. The average molecular weight is 523 g/mol. The fraction of sp³-hybridized carbons (Fsp3) is 0.735. The molecule has 0 spiro atoms. The number of unbranched alkanes of at least 4 members (excludes halogenated alkanes) is 2. The van der Waals surface area contributed by atoms with E-state index in [1.165, 1.54) is 63.4 Å². The van der Waals surface area contributed by atoms with Crippen LogP contribution in [0.4, 0.5) is 0 Å². The summed E-state index contributed by atoms with van der Waals surface area (Å²) in [4.78, 5) is 13.6. The standard InChI is InChI=1S/C34H50O4/c35-31(18-11-17-26-12-6-7-13-26)34-30-23-28(16-5-2-9-20-36-25-27-14-3-1-4-15-27)22-29(30)24-32(34)38-33-19-8-10-21-37-33/h1,3-4,14-15,22,26,29-30,32-34H,2,5-13,16-21,23-25H2/t29-,30-,32+,33?,34-/m1/s1. The number of fused-ring (bicyclic) bond motifs is 1. The molecule has 4 heteroatoms. The zero-order valence-corrected chi connectivity index (χ0v) is 23.5. The predicted molar refractivity (Wildman–Crippen MR) is 152 cm³/mol. The van der Waals surface area contributed by atoms with Gasteiger partial charge in [0.05, 0.1) is 12.7 Å². The van der Waals surface area contributed by atoms with Crippen molar-refractivity contribution in [3.8, 4) is 0 Å². The Balaban J connectivity index is 1.06. The number of hydrogen-bond acceptors (Lipinski definition) is 4. The van der Waals surface area contributed by atoms with Crippen molar-refractivity contribution in [1.82, 2.24) is 0 Å². The smallest absolute Gasteiger partial charge is 0.157 e. The molecule has 4 nitrogen and oxygen atoms in total. The highest BCUT2D eigenvalue weighted by Gasteiger charge is 2.49. The second-order valence-corrected chi connectivity index (χ2v) is 12.4. The molecule has 2 saturated carbocycles. The van der Waals surface area contributed by atoms with Gasteiger partial charge in [0.25, 0.3) is 0 Å². The first-order valence-corrected chi connectivity index (χ1v) is 15.9. The summed E-state index contributed by atoms with van der Waals surface area (Å²) in [6.45, 7) is 2.34. The van der Waals surface area contributed by atoms with E-state index in [-0.39, 0.29) is 18.3 Å². The fourth-order valence-corrected chi connectivity index (χ4v) is 7.59. The van der Waals surface area contributed by atoms with E-state index in [4.69, 9.17) is 14.2 Å². The minimum Gasteiger partial charge on any atom is -0.377 e. The third kappa shape index (κ3) is 8.02. The molecule has 4 aliphatic rings. The fourth-order valence-electron chi connectivity index (χ4n) is 7.59. The lowest BCUT2D eigenvalue weighted by molar-refractivity contribution is -0.196. The van der Waals surface area contributed by atoms with Crippen molar-refractivity contribution < 1.29 is 19.0 Å². The van der Waals surface area contributed by atoms with Crippen molar-refractivity contribution >= 4 is 5.78 Å². The summed E-state index contributed by atoms with van der Waals surface area (Å²) >= 11 is 0. The maximum Gasteiger partial charge on any atom is 0.157 e. The molecule has 1 saturated heterocycles. The minimum atomic E-state index is -0.103. The Labute approximate surface area is 230 Å². The zero-order chi connectivity index (χ0) is 26.0. The van der Waals surface area contributed by atoms with Gasteiger partial charge in [-0.25, -0.2) is 0 Å². The lowest BCUT2D eigenvalue weighted by Gasteiger charge is -2.30. The summed E-state index contributed by atoms with van der Waals surface area (Å²) in [5, 5.41) is 0. The summed E-state index contributed by atoms with van der Waals surface area (Å²) in [5.41, 5.74) is 2.83. The largest absolute Gasteiger partial charge is 0.377 e. The highest BCUT2D eigenvalue weighted by Crippen LogP contribution is 2.50. The first kappa shape index (κ1) is 28.1. The number of allylic oxidation sites excluding steroid dienone is 2. The molecule has 0 amide bonds. The summed E-state index contributed by atoms with van der Waals surface area (Å²) in [7, 11) is 0. The van der Waals surface area contributed by atoms with Crippen LogP contribution in [0.1, 0.15) is 108 Å². The predicted octanol–water partition coefficient (Wildman–Crippen LogP) is 8.19. The summed E-state index contributed by atoms with van der Waals surface area (Å²) in [6, 6.07) is 10.4. The number of carbonyl (C=O) groups is 1. The monoisotopic (exact) mass is 522 g/mol. The van der Waals surface area contributed by atoms with Gasteiger partial charge in [0, 0.05) is 25.6 Å². The highest BCUT2D eigenvalue weighted by atomic mass is 16.7. The second-order valence-electron chi connectivity index (χ2n) is 12.4. The van der Waals surface area contributed by atoms with Crippen LogP contribution in [0.2, 0.25) is 0 Å². The van der Waals surface area contributed by atoms with Gasteiger partial charge < -0.3 is 14.2 Å².